The minimum absolute atomic E-state index is 0.857. The molecule has 11 aromatic rings. The molecule has 0 atom stereocenters. The number of hydrogen-bond donors (Lipinski definition) is 0. The average Bonchev–Trinajstić information content (AvgIpc) is 3.77. The maximum atomic E-state index is 6.99. The zero-order valence-corrected chi connectivity index (χ0v) is 28.1. The van der Waals surface area contributed by atoms with Gasteiger partial charge < -0.3 is 9.32 Å². The molecule has 0 unspecified atom stereocenters. The maximum Gasteiger partial charge on any atom is 0.159 e. The Morgan fingerprint density at radius 3 is 1.76 bits per heavy atom. The van der Waals surface area contributed by atoms with E-state index in [1.807, 2.05) is 23.7 Å². The lowest BCUT2D eigenvalue weighted by molar-refractivity contribution is 0.669. The molecule has 0 radical (unpaired) electrons. The van der Waals surface area contributed by atoms with Crippen LogP contribution in [-0.2, 0) is 0 Å². The number of para-hydroxylation sites is 1. The summed E-state index contributed by atoms with van der Waals surface area (Å²) in [5.41, 5.74) is 6.92. The van der Waals surface area contributed by atoms with Crippen molar-refractivity contribution in [1.29, 1.82) is 0 Å². The van der Waals surface area contributed by atoms with Crippen LogP contribution in [0.5, 0.6) is 0 Å². The van der Waals surface area contributed by atoms with Crippen molar-refractivity contribution in [3.8, 4) is 11.1 Å². The molecular weight excluding hydrogens is 643 g/mol. The Labute approximate surface area is 296 Å². The van der Waals surface area contributed by atoms with Crippen LogP contribution >= 0.6 is 11.3 Å². The van der Waals surface area contributed by atoms with Gasteiger partial charge in [0.05, 0.1) is 16.1 Å². The molecule has 0 bridgehead atoms. The van der Waals surface area contributed by atoms with Crippen LogP contribution in [0.2, 0.25) is 0 Å². The summed E-state index contributed by atoms with van der Waals surface area (Å²) >= 11 is 1.83. The summed E-state index contributed by atoms with van der Waals surface area (Å²) in [6, 6.07) is 52.5. The van der Waals surface area contributed by atoms with Crippen molar-refractivity contribution in [1.82, 2.24) is 9.97 Å². The van der Waals surface area contributed by atoms with Gasteiger partial charge in [0.2, 0.25) is 0 Å². The predicted octanol–water partition coefficient (Wildman–Crippen LogP) is 13.3. The number of furan rings is 1. The second-order valence-corrected chi connectivity index (χ2v) is 14.1. The standard InChI is InChI=1S/C46H27N3OS/c1-3-11-33-31(9-1)32-10-2-4-12-34(32)39-24-43-40(23-38(33)39)36-14-7-16-41(45(36)50-43)49(30-21-19-28(20-22-30)29-25-47-27-48-26-29)42-17-8-15-37-35-13-5-6-18-44(35)51-46(37)42/h1-27H. The second kappa shape index (κ2) is 11.0. The van der Waals surface area contributed by atoms with Gasteiger partial charge in [-0.2, -0.15) is 0 Å². The fourth-order valence-corrected chi connectivity index (χ4v) is 9.13. The van der Waals surface area contributed by atoms with Crippen LogP contribution in [0.1, 0.15) is 0 Å². The summed E-state index contributed by atoms with van der Waals surface area (Å²) in [6.07, 6.45) is 5.26. The third-order valence-electron chi connectivity index (χ3n) is 10.2. The van der Waals surface area contributed by atoms with Crippen molar-refractivity contribution in [3.63, 3.8) is 0 Å². The quantitative estimate of drug-likeness (QED) is 0.175. The lowest BCUT2D eigenvalue weighted by Gasteiger charge is -2.26. The van der Waals surface area contributed by atoms with Gasteiger partial charge in [-0.3, -0.25) is 0 Å². The summed E-state index contributed by atoms with van der Waals surface area (Å²) in [6.45, 7) is 0. The van der Waals surface area contributed by atoms with Crippen molar-refractivity contribution < 1.29 is 4.42 Å². The van der Waals surface area contributed by atoms with E-state index < -0.39 is 0 Å². The second-order valence-electron chi connectivity index (χ2n) is 13.0. The maximum absolute atomic E-state index is 6.99. The Kier molecular flexibility index (Phi) is 6.09. The molecule has 8 aromatic carbocycles. The van der Waals surface area contributed by atoms with Gasteiger partial charge in [0, 0.05) is 49.9 Å². The van der Waals surface area contributed by atoms with Crippen molar-refractivity contribution in [2.45, 2.75) is 0 Å². The molecule has 0 N–H and O–H groups in total. The topological polar surface area (TPSA) is 42.2 Å². The summed E-state index contributed by atoms with van der Waals surface area (Å²) in [7, 11) is 0. The largest absolute Gasteiger partial charge is 0.454 e. The number of rotatable bonds is 4. The molecule has 0 spiro atoms. The molecule has 3 aromatic heterocycles. The van der Waals surface area contributed by atoms with Crippen LogP contribution in [0.4, 0.5) is 17.1 Å². The molecule has 4 nitrogen and oxygen atoms in total. The lowest BCUT2D eigenvalue weighted by Crippen LogP contribution is -2.10. The Hall–Kier alpha value is -6.56. The molecule has 0 aliphatic rings. The molecule has 11 rings (SSSR count). The Morgan fingerprint density at radius 1 is 0.451 bits per heavy atom. The third-order valence-corrected chi connectivity index (χ3v) is 11.4. The van der Waals surface area contributed by atoms with Crippen LogP contribution in [0.25, 0.3) is 85.6 Å². The van der Waals surface area contributed by atoms with Crippen LogP contribution in [0.3, 0.4) is 0 Å². The van der Waals surface area contributed by atoms with E-state index in [-0.39, 0.29) is 0 Å². The van der Waals surface area contributed by atoms with E-state index in [1.165, 1.54) is 52.5 Å². The number of anilines is 3. The summed E-state index contributed by atoms with van der Waals surface area (Å²) in [5, 5.41) is 12.2. The molecule has 238 valence electrons. The van der Waals surface area contributed by atoms with Crippen molar-refractivity contribution in [3.05, 3.63) is 164 Å². The first-order valence-corrected chi connectivity index (χ1v) is 17.9. The van der Waals surface area contributed by atoms with Crippen LogP contribution in [0.15, 0.2) is 169 Å². The van der Waals surface area contributed by atoms with Crippen LogP contribution < -0.4 is 4.90 Å². The van der Waals surface area contributed by atoms with Crippen molar-refractivity contribution in [2.24, 2.45) is 0 Å². The fourth-order valence-electron chi connectivity index (χ4n) is 7.92. The summed E-state index contributed by atoms with van der Waals surface area (Å²) < 4.78 is 9.49. The van der Waals surface area contributed by atoms with E-state index in [0.29, 0.717) is 0 Å². The van der Waals surface area contributed by atoms with E-state index in [2.05, 4.69) is 160 Å². The highest BCUT2D eigenvalue weighted by molar-refractivity contribution is 7.26. The Morgan fingerprint density at radius 2 is 1.04 bits per heavy atom. The van der Waals surface area contributed by atoms with E-state index in [0.717, 1.165) is 50.1 Å². The molecule has 0 amide bonds. The van der Waals surface area contributed by atoms with Crippen LogP contribution in [0, 0.1) is 0 Å². The smallest absolute Gasteiger partial charge is 0.159 e. The number of hydrogen-bond acceptors (Lipinski definition) is 5. The number of fused-ring (bicyclic) bond motifs is 12. The Bertz CT molecular complexity index is 3140. The molecule has 3 heterocycles. The highest BCUT2D eigenvalue weighted by Gasteiger charge is 2.23. The Balaban J connectivity index is 1.20. The molecule has 0 aliphatic carbocycles. The summed E-state index contributed by atoms with van der Waals surface area (Å²) in [4.78, 5) is 10.8. The number of thiophene rings is 1. The van der Waals surface area contributed by atoms with E-state index in [1.54, 1.807) is 6.33 Å². The number of aromatic nitrogens is 2. The zero-order valence-electron chi connectivity index (χ0n) is 27.2. The highest BCUT2D eigenvalue weighted by atomic mass is 32.1. The molecule has 0 aliphatic heterocycles. The van der Waals surface area contributed by atoms with Crippen LogP contribution in [-0.4, -0.2) is 9.97 Å². The fraction of sp³-hybridized carbons (Fsp3) is 0. The normalized spacial score (nSPS) is 11.9. The van der Waals surface area contributed by atoms with Gasteiger partial charge in [0.25, 0.3) is 0 Å². The predicted molar refractivity (Wildman–Crippen MR) is 215 cm³/mol. The third kappa shape index (κ3) is 4.25. The van der Waals surface area contributed by atoms with Crippen molar-refractivity contribution >= 4 is 103 Å². The first-order valence-electron chi connectivity index (χ1n) is 17.0. The highest BCUT2D eigenvalue weighted by Crippen LogP contribution is 2.48. The van der Waals surface area contributed by atoms with Gasteiger partial charge in [-0.05, 0) is 80.3 Å². The molecule has 0 fully saturated rings. The van der Waals surface area contributed by atoms with E-state index >= 15 is 0 Å². The lowest BCUT2D eigenvalue weighted by atomic mass is 9.93. The molecule has 0 saturated heterocycles. The summed E-state index contributed by atoms with van der Waals surface area (Å²) in [5.74, 6) is 0. The van der Waals surface area contributed by atoms with Gasteiger partial charge >= 0.3 is 0 Å². The monoisotopic (exact) mass is 669 g/mol. The minimum Gasteiger partial charge on any atom is -0.454 e. The first-order chi connectivity index (χ1) is 25.3. The molecule has 51 heavy (non-hydrogen) atoms. The molecule has 0 saturated carbocycles. The first kappa shape index (κ1) is 28.3. The van der Waals surface area contributed by atoms with Gasteiger partial charge in [0.1, 0.15) is 11.9 Å². The number of benzene rings is 8. The minimum atomic E-state index is 0.857. The van der Waals surface area contributed by atoms with Gasteiger partial charge in [-0.25, -0.2) is 9.97 Å². The van der Waals surface area contributed by atoms with Gasteiger partial charge in [0.15, 0.2) is 5.58 Å². The van der Waals surface area contributed by atoms with E-state index in [9.17, 15) is 0 Å². The van der Waals surface area contributed by atoms with Gasteiger partial charge in [-0.15, -0.1) is 11.3 Å². The SMILES string of the molecule is c1ccc2c(c1)sc1c(N(c3ccc(-c4cncnc4)cc3)c3cccc4c3oc3cc5c6ccccc6c6ccccc6c5cc34)cccc12. The molecular formula is C46H27N3OS. The van der Waals surface area contributed by atoms with Crippen molar-refractivity contribution in [2.75, 3.05) is 4.90 Å². The van der Waals surface area contributed by atoms with E-state index in [4.69, 9.17) is 4.42 Å². The number of nitrogens with zero attached hydrogens (tertiary/aromatic N) is 3. The average molecular weight is 670 g/mol. The van der Waals surface area contributed by atoms with Gasteiger partial charge in [-0.1, -0.05) is 103 Å². The molecule has 5 heteroatoms. The zero-order chi connectivity index (χ0) is 33.5.